The molecule has 198 valence electrons. The summed E-state index contributed by atoms with van der Waals surface area (Å²) in [5, 5.41) is 22.2. The smallest absolute Gasteiger partial charge is 0.275 e. The summed E-state index contributed by atoms with van der Waals surface area (Å²) in [6.07, 6.45) is 0.631. The third-order valence-corrected chi connectivity index (χ3v) is 6.70. The van der Waals surface area contributed by atoms with Gasteiger partial charge < -0.3 is 19.7 Å². The number of H-pyrrole nitrogens is 1. The van der Waals surface area contributed by atoms with E-state index in [1.807, 2.05) is 0 Å². The van der Waals surface area contributed by atoms with E-state index in [1.54, 1.807) is 32.2 Å². The minimum atomic E-state index is -0.820. The van der Waals surface area contributed by atoms with Gasteiger partial charge >= 0.3 is 0 Å². The number of amides is 1. The predicted octanol–water partition coefficient (Wildman–Crippen LogP) is 3.25. The molecule has 38 heavy (non-hydrogen) atoms. The van der Waals surface area contributed by atoms with E-state index in [0.29, 0.717) is 16.6 Å². The molecule has 10 nitrogen and oxygen atoms in total. The van der Waals surface area contributed by atoms with Gasteiger partial charge in [-0.3, -0.25) is 14.9 Å². The second kappa shape index (κ2) is 11.4. The Kier molecular flexibility index (Phi) is 8.08. The summed E-state index contributed by atoms with van der Waals surface area (Å²) >= 11 is 1.01. The average Bonchev–Trinajstić information content (AvgIpc) is 3.38. The monoisotopic (exact) mass is 542 g/mol. The standard InChI is InChI=1S/C25H24F2N6O4S/c1-4-33(23(28-2)17-6-5-7-18(30-17)37-3)25(36)20-22(35)21(34)15(12-29-20)24-32-31-19(38-24)10-13-8-9-14(26)11-16(13)27/h5-9,11-12,23,28,35H,4,10H2,1-3H3,(H,29,34). The fourth-order valence-corrected chi connectivity index (χ4v) is 4.73. The van der Waals surface area contributed by atoms with E-state index < -0.39 is 34.9 Å². The second-order valence-corrected chi connectivity index (χ2v) is 9.12. The van der Waals surface area contributed by atoms with E-state index in [0.717, 1.165) is 23.5 Å². The Bertz CT molecular complexity index is 1530. The molecule has 3 N–H and O–H groups in total. The highest BCUT2D eigenvalue weighted by atomic mass is 32.1. The third-order valence-electron chi connectivity index (χ3n) is 5.75. The molecule has 1 amide bonds. The lowest BCUT2D eigenvalue weighted by atomic mass is 10.1. The van der Waals surface area contributed by atoms with Crippen LogP contribution in [-0.2, 0) is 6.42 Å². The highest BCUT2D eigenvalue weighted by molar-refractivity contribution is 7.14. The maximum atomic E-state index is 14.0. The lowest BCUT2D eigenvalue weighted by Crippen LogP contribution is -2.42. The topological polar surface area (TPSA) is 133 Å². The first-order valence-electron chi connectivity index (χ1n) is 11.5. The first-order chi connectivity index (χ1) is 18.3. The number of halogens is 2. The van der Waals surface area contributed by atoms with Gasteiger partial charge in [0.15, 0.2) is 16.5 Å². The molecule has 0 aliphatic carbocycles. The number of carbonyl (C=O) groups is 1. The van der Waals surface area contributed by atoms with Crippen molar-refractivity contribution in [2.45, 2.75) is 19.5 Å². The number of pyridine rings is 2. The molecule has 1 aromatic carbocycles. The Morgan fingerprint density at radius 1 is 1.26 bits per heavy atom. The summed E-state index contributed by atoms with van der Waals surface area (Å²) in [5.41, 5.74) is -0.415. The number of ether oxygens (including phenoxy) is 1. The van der Waals surface area contributed by atoms with Gasteiger partial charge in [-0.05, 0) is 31.7 Å². The largest absolute Gasteiger partial charge is 0.503 e. The van der Waals surface area contributed by atoms with E-state index in [-0.39, 0.29) is 34.8 Å². The van der Waals surface area contributed by atoms with Gasteiger partial charge in [0.1, 0.15) is 22.8 Å². The number of aromatic nitrogens is 4. The van der Waals surface area contributed by atoms with Crippen LogP contribution in [0.15, 0.2) is 47.4 Å². The quantitative estimate of drug-likeness (QED) is 0.275. The van der Waals surface area contributed by atoms with Crippen LogP contribution in [-0.4, -0.2) is 56.8 Å². The number of aromatic amines is 1. The molecule has 3 aromatic heterocycles. The Morgan fingerprint density at radius 3 is 2.74 bits per heavy atom. The van der Waals surface area contributed by atoms with Crippen molar-refractivity contribution in [1.29, 1.82) is 0 Å². The zero-order chi connectivity index (χ0) is 27.4. The van der Waals surface area contributed by atoms with Crippen LogP contribution >= 0.6 is 11.3 Å². The highest BCUT2D eigenvalue weighted by Crippen LogP contribution is 2.27. The van der Waals surface area contributed by atoms with E-state index in [9.17, 15) is 23.5 Å². The Balaban J connectivity index is 1.61. The van der Waals surface area contributed by atoms with Crippen LogP contribution in [0.4, 0.5) is 8.78 Å². The molecule has 0 radical (unpaired) electrons. The molecule has 0 spiro atoms. The summed E-state index contributed by atoms with van der Waals surface area (Å²) in [6, 6.07) is 8.35. The molecule has 4 aromatic rings. The van der Waals surface area contributed by atoms with Crippen molar-refractivity contribution in [3.63, 3.8) is 0 Å². The van der Waals surface area contributed by atoms with Crippen LogP contribution in [0.25, 0.3) is 10.6 Å². The summed E-state index contributed by atoms with van der Waals surface area (Å²) in [5.74, 6) is -2.46. The van der Waals surface area contributed by atoms with Crippen molar-refractivity contribution >= 4 is 17.2 Å². The zero-order valence-electron chi connectivity index (χ0n) is 20.7. The number of nitrogens with one attached hydrogen (secondary N) is 2. The highest BCUT2D eigenvalue weighted by Gasteiger charge is 2.29. The van der Waals surface area contributed by atoms with E-state index >= 15 is 0 Å². The minimum Gasteiger partial charge on any atom is -0.503 e. The van der Waals surface area contributed by atoms with Crippen molar-refractivity contribution in [1.82, 2.24) is 30.4 Å². The molecular formula is C25H24F2N6O4S. The Hall–Kier alpha value is -4.23. The molecule has 0 saturated heterocycles. The van der Waals surface area contributed by atoms with Gasteiger partial charge in [-0.15, -0.1) is 10.2 Å². The number of aromatic hydroxyl groups is 1. The molecule has 1 atom stereocenters. The van der Waals surface area contributed by atoms with Gasteiger partial charge in [0.05, 0.1) is 18.4 Å². The number of hydrogen-bond donors (Lipinski definition) is 3. The van der Waals surface area contributed by atoms with Gasteiger partial charge in [-0.1, -0.05) is 23.5 Å². The first kappa shape index (κ1) is 26.8. The molecular weight excluding hydrogens is 518 g/mol. The summed E-state index contributed by atoms with van der Waals surface area (Å²) in [4.78, 5) is 34.9. The molecule has 4 rings (SSSR count). The van der Waals surface area contributed by atoms with Gasteiger partial charge in [0.2, 0.25) is 11.3 Å². The minimum absolute atomic E-state index is 0.00921. The van der Waals surface area contributed by atoms with Gasteiger partial charge in [-0.2, -0.15) is 0 Å². The number of hydrogen-bond acceptors (Lipinski definition) is 9. The van der Waals surface area contributed by atoms with E-state index in [2.05, 4.69) is 25.5 Å². The first-order valence-corrected chi connectivity index (χ1v) is 12.3. The molecule has 0 aliphatic heterocycles. The van der Waals surface area contributed by atoms with Crippen LogP contribution in [0.1, 0.15) is 39.8 Å². The van der Waals surface area contributed by atoms with Crippen LogP contribution < -0.4 is 15.5 Å². The maximum absolute atomic E-state index is 14.0. The lowest BCUT2D eigenvalue weighted by Gasteiger charge is -2.30. The lowest BCUT2D eigenvalue weighted by molar-refractivity contribution is 0.0645. The Morgan fingerprint density at radius 2 is 2.05 bits per heavy atom. The number of nitrogens with zero attached hydrogens (tertiary/aromatic N) is 4. The van der Waals surface area contributed by atoms with E-state index in [4.69, 9.17) is 4.74 Å². The van der Waals surface area contributed by atoms with Crippen LogP contribution in [0.3, 0.4) is 0 Å². The van der Waals surface area contributed by atoms with Crippen molar-refractivity contribution in [2.24, 2.45) is 0 Å². The molecule has 0 bridgehead atoms. The molecule has 1 unspecified atom stereocenters. The van der Waals surface area contributed by atoms with Gasteiger partial charge in [0, 0.05) is 31.3 Å². The molecule has 13 heteroatoms. The van der Waals surface area contributed by atoms with E-state index in [1.165, 1.54) is 24.3 Å². The normalized spacial score (nSPS) is 11.8. The van der Waals surface area contributed by atoms with Crippen LogP contribution in [0, 0.1) is 11.6 Å². The Labute approximate surface area is 220 Å². The fraction of sp³-hybridized carbons (Fsp3) is 0.240. The summed E-state index contributed by atoms with van der Waals surface area (Å²) in [6.45, 7) is 1.98. The van der Waals surface area contributed by atoms with Gasteiger partial charge in [0.25, 0.3) is 5.91 Å². The van der Waals surface area contributed by atoms with Crippen molar-refractivity contribution < 1.29 is 23.4 Å². The molecule has 3 heterocycles. The number of methoxy groups -OCH3 is 1. The van der Waals surface area contributed by atoms with Crippen molar-refractivity contribution in [3.05, 3.63) is 86.4 Å². The zero-order valence-corrected chi connectivity index (χ0v) is 21.5. The van der Waals surface area contributed by atoms with Crippen molar-refractivity contribution in [2.75, 3.05) is 20.7 Å². The second-order valence-electron chi connectivity index (χ2n) is 8.06. The average molecular weight is 543 g/mol. The third kappa shape index (κ3) is 5.38. The maximum Gasteiger partial charge on any atom is 0.275 e. The fourth-order valence-electron chi connectivity index (χ4n) is 3.85. The summed E-state index contributed by atoms with van der Waals surface area (Å²) < 4.78 is 32.3. The van der Waals surface area contributed by atoms with Gasteiger partial charge in [-0.25, -0.2) is 13.8 Å². The molecule has 0 aliphatic rings. The summed E-state index contributed by atoms with van der Waals surface area (Å²) in [7, 11) is 3.13. The molecule has 0 fully saturated rings. The number of carbonyl (C=O) groups excluding carboxylic acids is 1. The number of rotatable bonds is 9. The molecule has 0 saturated carbocycles. The predicted molar refractivity (Wildman–Crippen MR) is 136 cm³/mol. The SMILES string of the molecule is CCN(C(=O)c1[nH]cc(-c2nnc(Cc3ccc(F)cc3F)s2)c(=O)c1O)C(NC)c1cccc(OC)n1. The van der Waals surface area contributed by atoms with Crippen molar-refractivity contribution in [3.8, 4) is 22.2 Å². The van der Waals surface area contributed by atoms with Crippen LogP contribution in [0.2, 0.25) is 0 Å². The number of benzene rings is 1. The van der Waals surface area contributed by atoms with Crippen LogP contribution in [0.5, 0.6) is 11.6 Å².